The first kappa shape index (κ1) is 21.1. The number of carbonyl (C=O) groups excluding carboxylic acids is 1. The number of hydrogen-bond acceptors (Lipinski definition) is 7. The van der Waals surface area contributed by atoms with Gasteiger partial charge in [-0.15, -0.1) is 11.8 Å². The fraction of sp³-hybridized carbons (Fsp3) is 0.174. The van der Waals surface area contributed by atoms with Crippen LogP contribution in [0.1, 0.15) is 5.56 Å². The molecule has 0 fully saturated rings. The summed E-state index contributed by atoms with van der Waals surface area (Å²) in [6, 6.07) is 17.3. The van der Waals surface area contributed by atoms with Crippen LogP contribution in [0.4, 0.5) is 5.13 Å². The number of methoxy groups -OCH3 is 2. The topological polar surface area (TPSA) is 64.5 Å². The molecular formula is C23H21N3O3S2. The van der Waals surface area contributed by atoms with Gasteiger partial charge in [0.2, 0.25) is 5.91 Å². The fourth-order valence-electron chi connectivity index (χ4n) is 3.02. The van der Waals surface area contributed by atoms with Crippen LogP contribution in [0.2, 0.25) is 0 Å². The summed E-state index contributed by atoms with van der Waals surface area (Å²) in [5.74, 6) is 1.75. The van der Waals surface area contributed by atoms with E-state index in [4.69, 9.17) is 14.5 Å². The van der Waals surface area contributed by atoms with Gasteiger partial charge in [-0.3, -0.25) is 14.7 Å². The van der Waals surface area contributed by atoms with Crippen LogP contribution in [0.3, 0.4) is 0 Å². The SMILES string of the molecule is COc1ccc(SCC(=O)N(Cc2cccnc2)c2nc3c(OC)cccc3s2)cc1. The molecule has 0 bridgehead atoms. The zero-order chi connectivity index (χ0) is 21.6. The molecule has 0 unspecified atom stereocenters. The van der Waals surface area contributed by atoms with Gasteiger partial charge >= 0.3 is 0 Å². The molecule has 2 aromatic carbocycles. The first-order valence-electron chi connectivity index (χ1n) is 9.57. The number of fused-ring (bicyclic) bond motifs is 1. The molecule has 0 aliphatic rings. The Morgan fingerprint density at radius 3 is 2.61 bits per heavy atom. The highest BCUT2D eigenvalue weighted by Gasteiger charge is 2.21. The molecule has 0 N–H and O–H groups in total. The molecule has 0 spiro atoms. The van der Waals surface area contributed by atoms with E-state index in [-0.39, 0.29) is 5.91 Å². The summed E-state index contributed by atoms with van der Waals surface area (Å²) in [5.41, 5.74) is 1.70. The number of ether oxygens (including phenoxy) is 2. The van der Waals surface area contributed by atoms with Crippen molar-refractivity contribution in [1.82, 2.24) is 9.97 Å². The Hall–Kier alpha value is -3.10. The van der Waals surface area contributed by atoms with Gasteiger partial charge in [-0.2, -0.15) is 0 Å². The zero-order valence-corrected chi connectivity index (χ0v) is 18.8. The molecule has 6 nitrogen and oxygen atoms in total. The first-order valence-corrected chi connectivity index (χ1v) is 11.4. The third-order valence-corrected chi connectivity index (χ3v) is 6.65. The summed E-state index contributed by atoms with van der Waals surface area (Å²) in [4.78, 5) is 24.9. The van der Waals surface area contributed by atoms with Crippen molar-refractivity contribution in [3.63, 3.8) is 0 Å². The minimum Gasteiger partial charge on any atom is -0.497 e. The van der Waals surface area contributed by atoms with Crippen LogP contribution < -0.4 is 14.4 Å². The minimum absolute atomic E-state index is 0.0253. The van der Waals surface area contributed by atoms with Gasteiger partial charge in [0, 0.05) is 17.3 Å². The highest BCUT2D eigenvalue weighted by molar-refractivity contribution is 8.00. The molecule has 0 aliphatic heterocycles. The largest absolute Gasteiger partial charge is 0.497 e. The van der Waals surface area contributed by atoms with Gasteiger partial charge in [-0.1, -0.05) is 23.5 Å². The number of anilines is 1. The van der Waals surface area contributed by atoms with E-state index in [2.05, 4.69) is 4.98 Å². The van der Waals surface area contributed by atoms with E-state index in [1.807, 2.05) is 54.6 Å². The van der Waals surface area contributed by atoms with Crippen molar-refractivity contribution in [2.24, 2.45) is 0 Å². The highest BCUT2D eigenvalue weighted by Crippen LogP contribution is 2.35. The Bertz CT molecular complexity index is 1160. The van der Waals surface area contributed by atoms with E-state index < -0.39 is 0 Å². The van der Waals surface area contributed by atoms with Gasteiger partial charge in [0.1, 0.15) is 17.0 Å². The molecule has 8 heteroatoms. The van der Waals surface area contributed by atoms with Crippen LogP contribution in [0.5, 0.6) is 11.5 Å². The summed E-state index contributed by atoms with van der Waals surface area (Å²) in [6.45, 7) is 0.401. The molecule has 0 atom stereocenters. The molecule has 4 rings (SSSR count). The number of thioether (sulfide) groups is 1. The summed E-state index contributed by atoms with van der Waals surface area (Å²) < 4.78 is 11.6. The van der Waals surface area contributed by atoms with Gasteiger partial charge in [-0.25, -0.2) is 4.98 Å². The van der Waals surface area contributed by atoms with Crippen LogP contribution in [-0.4, -0.2) is 35.8 Å². The monoisotopic (exact) mass is 451 g/mol. The molecule has 2 aromatic heterocycles. The van der Waals surface area contributed by atoms with Crippen molar-refractivity contribution in [1.29, 1.82) is 0 Å². The Morgan fingerprint density at radius 1 is 1.06 bits per heavy atom. The van der Waals surface area contributed by atoms with E-state index in [1.54, 1.807) is 31.5 Å². The predicted octanol–water partition coefficient (Wildman–Crippen LogP) is 5.03. The van der Waals surface area contributed by atoms with E-state index in [0.717, 1.165) is 26.4 Å². The predicted molar refractivity (Wildman–Crippen MR) is 125 cm³/mol. The minimum atomic E-state index is -0.0253. The second-order valence-electron chi connectivity index (χ2n) is 6.61. The number of rotatable bonds is 8. The highest BCUT2D eigenvalue weighted by atomic mass is 32.2. The Kier molecular flexibility index (Phi) is 6.69. The maximum atomic E-state index is 13.3. The second kappa shape index (κ2) is 9.80. The summed E-state index contributed by atoms with van der Waals surface area (Å²) >= 11 is 2.96. The number of nitrogens with zero attached hydrogens (tertiary/aromatic N) is 3. The van der Waals surface area contributed by atoms with E-state index in [9.17, 15) is 4.79 Å². The lowest BCUT2D eigenvalue weighted by molar-refractivity contribution is -0.116. The Balaban J connectivity index is 1.59. The van der Waals surface area contributed by atoms with Gasteiger partial charge in [-0.05, 0) is 48.0 Å². The molecule has 31 heavy (non-hydrogen) atoms. The van der Waals surface area contributed by atoms with Gasteiger partial charge in [0.15, 0.2) is 5.13 Å². The van der Waals surface area contributed by atoms with Crippen LogP contribution in [0.25, 0.3) is 10.2 Å². The number of para-hydroxylation sites is 1. The van der Waals surface area contributed by atoms with Crippen LogP contribution in [-0.2, 0) is 11.3 Å². The number of carbonyl (C=O) groups is 1. The number of benzene rings is 2. The smallest absolute Gasteiger partial charge is 0.239 e. The van der Waals surface area contributed by atoms with Crippen molar-refractivity contribution < 1.29 is 14.3 Å². The summed E-state index contributed by atoms with van der Waals surface area (Å²) in [5, 5.41) is 0.642. The van der Waals surface area contributed by atoms with Gasteiger partial charge in [0.05, 0.1) is 31.2 Å². The van der Waals surface area contributed by atoms with Crippen molar-refractivity contribution in [2.75, 3.05) is 24.9 Å². The van der Waals surface area contributed by atoms with E-state index in [0.29, 0.717) is 23.2 Å². The van der Waals surface area contributed by atoms with Gasteiger partial charge in [0.25, 0.3) is 0 Å². The molecule has 1 amide bonds. The number of amides is 1. The average molecular weight is 452 g/mol. The maximum absolute atomic E-state index is 13.3. The lowest BCUT2D eigenvalue weighted by atomic mass is 10.2. The van der Waals surface area contributed by atoms with E-state index >= 15 is 0 Å². The Labute approximate surface area is 188 Å². The van der Waals surface area contributed by atoms with Crippen molar-refractivity contribution in [3.8, 4) is 11.5 Å². The Morgan fingerprint density at radius 2 is 1.90 bits per heavy atom. The molecule has 2 heterocycles. The molecule has 0 saturated heterocycles. The third-order valence-electron chi connectivity index (χ3n) is 4.61. The standard InChI is InChI=1S/C23H21N3O3S2/c1-28-17-8-10-18(11-9-17)30-15-21(27)26(14-16-5-4-12-24-13-16)23-25-22-19(29-2)6-3-7-20(22)31-23/h3-13H,14-15H2,1-2H3. The van der Waals surface area contributed by atoms with E-state index in [1.165, 1.54) is 23.1 Å². The summed E-state index contributed by atoms with van der Waals surface area (Å²) in [7, 11) is 3.26. The maximum Gasteiger partial charge on any atom is 0.239 e. The van der Waals surface area contributed by atoms with Crippen LogP contribution in [0.15, 0.2) is 71.9 Å². The molecule has 0 aliphatic carbocycles. The van der Waals surface area contributed by atoms with Crippen molar-refractivity contribution in [2.45, 2.75) is 11.4 Å². The van der Waals surface area contributed by atoms with Crippen LogP contribution >= 0.6 is 23.1 Å². The lowest BCUT2D eigenvalue weighted by Crippen LogP contribution is -2.31. The molecular weight excluding hydrogens is 430 g/mol. The number of thiazole rings is 1. The first-order chi connectivity index (χ1) is 15.2. The quantitative estimate of drug-likeness (QED) is 0.350. The normalized spacial score (nSPS) is 10.8. The number of hydrogen-bond donors (Lipinski definition) is 0. The van der Waals surface area contributed by atoms with Crippen molar-refractivity contribution in [3.05, 3.63) is 72.6 Å². The molecule has 0 radical (unpaired) electrons. The van der Waals surface area contributed by atoms with Crippen molar-refractivity contribution >= 4 is 44.4 Å². The van der Waals surface area contributed by atoms with Gasteiger partial charge < -0.3 is 9.47 Å². The second-order valence-corrected chi connectivity index (χ2v) is 8.67. The lowest BCUT2D eigenvalue weighted by Gasteiger charge is -2.19. The third kappa shape index (κ3) is 4.98. The zero-order valence-electron chi connectivity index (χ0n) is 17.1. The number of aromatic nitrogens is 2. The average Bonchev–Trinajstić information content (AvgIpc) is 3.26. The molecule has 0 saturated carbocycles. The summed E-state index contributed by atoms with van der Waals surface area (Å²) in [6.07, 6.45) is 3.49. The fourth-order valence-corrected chi connectivity index (χ4v) is 4.80. The number of pyridine rings is 1. The molecule has 4 aromatic rings. The van der Waals surface area contributed by atoms with Crippen LogP contribution in [0, 0.1) is 0 Å². The molecule has 158 valence electrons.